The lowest BCUT2D eigenvalue weighted by Gasteiger charge is -2.06. The van der Waals surface area contributed by atoms with E-state index in [1.165, 1.54) is 0 Å². The normalized spacial score (nSPS) is 10.3. The number of nitrogens with zero attached hydrogens (tertiary/aromatic N) is 4. The average Bonchev–Trinajstić information content (AvgIpc) is 2.85. The Kier molecular flexibility index (Phi) is 4.65. The second kappa shape index (κ2) is 6.65. The second-order valence-corrected chi connectivity index (χ2v) is 4.37. The Morgan fingerprint density at radius 2 is 2.20 bits per heavy atom. The molecule has 0 aliphatic heterocycles. The molecule has 0 bridgehead atoms. The number of rotatable bonds is 6. The average molecular weight is 274 g/mol. The van der Waals surface area contributed by atoms with E-state index in [1.807, 2.05) is 30.9 Å². The first-order chi connectivity index (χ1) is 9.69. The summed E-state index contributed by atoms with van der Waals surface area (Å²) in [5.41, 5.74) is 1.45. The van der Waals surface area contributed by atoms with Gasteiger partial charge in [-0.25, -0.2) is 0 Å². The topological polar surface area (TPSA) is 84.7 Å². The van der Waals surface area contributed by atoms with E-state index in [1.54, 1.807) is 12.1 Å². The summed E-state index contributed by atoms with van der Waals surface area (Å²) < 4.78 is 1.86. The number of hydrogen-bond donors (Lipinski definition) is 2. The fraction of sp³-hybridized carbons (Fsp3) is 0.385. The number of nitrogens with one attached hydrogen (secondary N) is 2. The predicted molar refractivity (Wildman–Crippen MR) is 75.5 cm³/mol. The molecule has 0 aromatic carbocycles. The maximum atomic E-state index is 11.5. The van der Waals surface area contributed by atoms with Crippen LogP contribution in [0.3, 0.4) is 0 Å². The quantitative estimate of drug-likeness (QED) is 0.815. The number of anilines is 1. The first-order valence-electron chi connectivity index (χ1n) is 6.54. The fourth-order valence-electron chi connectivity index (χ4n) is 1.69. The zero-order valence-corrected chi connectivity index (χ0v) is 11.6. The molecule has 2 N–H and O–H groups in total. The highest BCUT2D eigenvalue weighted by molar-refractivity contribution is 5.92. The lowest BCUT2D eigenvalue weighted by Crippen LogP contribution is -2.24. The van der Waals surface area contributed by atoms with Gasteiger partial charge >= 0.3 is 0 Å². The van der Waals surface area contributed by atoms with Crippen molar-refractivity contribution in [3.05, 3.63) is 35.8 Å². The van der Waals surface area contributed by atoms with Gasteiger partial charge in [0, 0.05) is 19.3 Å². The number of carbonyl (C=O) groups is 1. The van der Waals surface area contributed by atoms with Crippen LogP contribution in [0.5, 0.6) is 0 Å². The molecule has 2 aromatic rings. The molecular weight excluding hydrogens is 256 g/mol. The van der Waals surface area contributed by atoms with Crippen molar-refractivity contribution in [1.82, 2.24) is 25.3 Å². The SMILES string of the molecule is CCNC(=O)c1ccc(NCCn2cc(C)cn2)nn1. The highest BCUT2D eigenvalue weighted by atomic mass is 16.1. The fourth-order valence-corrected chi connectivity index (χ4v) is 1.69. The molecular formula is C13H18N6O. The van der Waals surface area contributed by atoms with Crippen LogP contribution in [-0.2, 0) is 6.54 Å². The first-order valence-corrected chi connectivity index (χ1v) is 6.54. The Morgan fingerprint density at radius 1 is 1.35 bits per heavy atom. The number of aromatic nitrogens is 4. The second-order valence-electron chi connectivity index (χ2n) is 4.37. The lowest BCUT2D eigenvalue weighted by atomic mass is 10.3. The Hall–Kier alpha value is -2.44. The van der Waals surface area contributed by atoms with Gasteiger partial charge in [0.15, 0.2) is 5.69 Å². The molecule has 1 amide bonds. The van der Waals surface area contributed by atoms with E-state index in [-0.39, 0.29) is 5.91 Å². The molecule has 106 valence electrons. The standard InChI is InChI=1S/C13H18N6O/c1-3-14-13(20)11-4-5-12(18-17-11)15-6-7-19-9-10(2)8-16-19/h4-5,8-9H,3,6-7H2,1-2H3,(H,14,20)(H,15,18). The molecule has 0 aliphatic rings. The third-order valence-corrected chi connectivity index (χ3v) is 2.64. The van der Waals surface area contributed by atoms with Crippen molar-refractivity contribution in [3.8, 4) is 0 Å². The van der Waals surface area contributed by atoms with E-state index in [2.05, 4.69) is 25.9 Å². The zero-order valence-electron chi connectivity index (χ0n) is 11.6. The minimum Gasteiger partial charge on any atom is -0.367 e. The van der Waals surface area contributed by atoms with Crippen LogP contribution in [-0.4, -0.2) is 39.0 Å². The van der Waals surface area contributed by atoms with Gasteiger partial charge in [-0.1, -0.05) is 0 Å². The summed E-state index contributed by atoms with van der Waals surface area (Å²) in [5.74, 6) is 0.431. The Labute approximate surface area is 117 Å². The van der Waals surface area contributed by atoms with Gasteiger partial charge in [0.25, 0.3) is 5.91 Å². The third kappa shape index (κ3) is 3.78. The largest absolute Gasteiger partial charge is 0.367 e. The maximum Gasteiger partial charge on any atom is 0.271 e. The van der Waals surface area contributed by atoms with Gasteiger partial charge in [0.1, 0.15) is 5.82 Å². The van der Waals surface area contributed by atoms with Crippen molar-refractivity contribution in [3.63, 3.8) is 0 Å². The van der Waals surface area contributed by atoms with Gasteiger partial charge < -0.3 is 10.6 Å². The van der Waals surface area contributed by atoms with Gasteiger partial charge in [-0.2, -0.15) is 5.10 Å². The van der Waals surface area contributed by atoms with Gasteiger partial charge in [-0.3, -0.25) is 9.48 Å². The molecule has 0 radical (unpaired) electrons. The van der Waals surface area contributed by atoms with Crippen molar-refractivity contribution in [2.24, 2.45) is 0 Å². The molecule has 0 saturated heterocycles. The summed E-state index contributed by atoms with van der Waals surface area (Å²) in [6.07, 6.45) is 3.80. The van der Waals surface area contributed by atoms with Crippen LogP contribution in [0.1, 0.15) is 23.0 Å². The van der Waals surface area contributed by atoms with Gasteiger partial charge in [-0.15, -0.1) is 10.2 Å². The number of amides is 1. The van der Waals surface area contributed by atoms with Crippen LogP contribution in [0.15, 0.2) is 24.5 Å². The summed E-state index contributed by atoms with van der Waals surface area (Å²) in [4.78, 5) is 11.5. The van der Waals surface area contributed by atoms with Crippen molar-refractivity contribution >= 4 is 11.7 Å². The van der Waals surface area contributed by atoms with Gasteiger partial charge in [0.05, 0.1) is 12.7 Å². The Balaban J connectivity index is 1.83. The van der Waals surface area contributed by atoms with Crippen molar-refractivity contribution in [1.29, 1.82) is 0 Å². The van der Waals surface area contributed by atoms with Gasteiger partial charge in [0.2, 0.25) is 0 Å². The summed E-state index contributed by atoms with van der Waals surface area (Å²) in [5, 5.41) is 17.8. The van der Waals surface area contributed by atoms with E-state index in [4.69, 9.17) is 0 Å². The van der Waals surface area contributed by atoms with E-state index in [0.717, 1.165) is 12.1 Å². The van der Waals surface area contributed by atoms with Gasteiger partial charge in [-0.05, 0) is 31.5 Å². The van der Waals surface area contributed by atoms with Crippen LogP contribution < -0.4 is 10.6 Å². The monoisotopic (exact) mass is 274 g/mol. The summed E-state index contributed by atoms with van der Waals surface area (Å²) in [6.45, 7) is 5.87. The summed E-state index contributed by atoms with van der Waals surface area (Å²) >= 11 is 0. The van der Waals surface area contributed by atoms with E-state index in [9.17, 15) is 4.79 Å². The smallest absolute Gasteiger partial charge is 0.271 e. The first kappa shape index (κ1) is 14.0. The molecule has 0 unspecified atom stereocenters. The molecule has 7 heteroatoms. The minimum absolute atomic E-state index is 0.210. The van der Waals surface area contributed by atoms with Crippen LogP contribution in [0, 0.1) is 6.92 Å². The number of aryl methyl sites for hydroxylation is 1. The Bertz CT molecular complexity index is 562. The molecule has 20 heavy (non-hydrogen) atoms. The molecule has 0 spiro atoms. The van der Waals surface area contributed by atoms with Crippen LogP contribution in [0.2, 0.25) is 0 Å². The lowest BCUT2D eigenvalue weighted by molar-refractivity contribution is 0.0950. The third-order valence-electron chi connectivity index (χ3n) is 2.64. The number of carbonyl (C=O) groups excluding carboxylic acids is 1. The highest BCUT2D eigenvalue weighted by Crippen LogP contribution is 2.02. The predicted octanol–water partition coefficient (Wildman–Crippen LogP) is 0.843. The van der Waals surface area contributed by atoms with Crippen LogP contribution in [0.4, 0.5) is 5.82 Å². The summed E-state index contributed by atoms with van der Waals surface area (Å²) in [6, 6.07) is 3.39. The highest BCUT2D eigenvalue weighted by Gasteiger charge is 2.06. The van der Waals surface area contributed by atoms with Crippen molar-refractivity contribution in [2.75, 3.05) is 18.4 Å². The van der Waals surface area contributed by atoms with Crippen LogP contribution in [0.25, 0.3) is 0 Å². The molecule has 0 atom stereocenters. The van der Waals surface area contributed by atoms with E-state index < -0.39 is 0 Å². The molecule has 0 fully saturated rings. The minimum atomic E-state index is -0.210. The summed E-state index contributed by atoms with van der Waals surface area (Å²) in [7, 11) is 0. The van der Waals surface area contributed by atoms with Crippen molar-refractivity contribution in [2.45, 2.75) is 20.4 Å². The molecule has 0 aliphatic carbocycles. The maximum absolute atomic E-state index is 11.5. The molecule has 2 heterocycles. The van der Waals surface area contributed by atoms with E-state index >= 15 is 0 Å². The molecule has 0 saturated carbocycles. The number of hydrogen-bond acceptors (Lipinski definition) is 5. The molecule has 2 aromatic heterocycles. The van der Waals surface area contributed by atoms with Crippen molar-refractivity contribution < 1.29 is 4.79 Å². The molecule has 2 rings (SSSR count). The molecule has 7 nitrogen and oxygen atoms in total. The van der Waals surface area contributed by atoms with Crippen LogP contribution >= 0.6 is 0 Å². The van der Waals surface area contributed by atoms with E-state index in [0.29, 0.717) is 24.6 Å². The Morgan fingerprint density at radius 3 is 2.80 bits per heavy atom. The zero-order chi connectivity index (χ0) is 14.4.